The molecule has 0 saturated carbocycles. The van der Waals surface area contributed by atoms with E-state index in [0.717, 1.165) is 16.3 Å². The van der Waals surface area contributed by atoms with Crippen molar-refractivity contribution in [1.29, 1.82) is 0 Å². The van der Waals surface area contributed by atoms with Crippen molar-refractivity contribution in [3.63, 3.8) is 0 Å². The molecule has 4 rings (SSSR count). The highest BCUT2D eigenvalue weighted by atomic mass is 32.2. The number of para-hydroxylation sites is 2. The zero-order chi connectivity index (χ0) is 19.9. The lowest BCUT2D eigenvalue weighted by atomic mass is 10.3. The number of imidazole rings is 1. The minimum Gasteiger partial charge on any atom is -0.319 e. The fourth-order valence-electron chi connectivity index (χ4n) is 2.89. The number of hydrogen-bond acceptors (Lipinski definition) is 6. The van der Waals surface area contributed by atoms with Gasteiger partial charge in [-0.1, -0.05) is 18.2 Å². The fraction of sp³-hybridized carbons (Fsp3) is 0.188. The SMILES string of the molecule is O=S(=O)(NCCn1c(C(F)(F)F)nc2ccccc21)c1cccc2nsnc12. The maximum absolute atomic E-state index is 13.3. The van der Waals surface area contributed by atoms with Crippen LogP contribution in [0.5, 0.6) is 0 Å². The van der Waals surface area contributed by atoms with Gasteiger partial charge in [0.05, 0.1) is 22.8 Å². The summed E-state index contributed by atoms with van der Waals surface area (Å²) in [6.07, 6.45) is -4.66. The molecular weight excluding hydrogens is 415 g/mol. The van der Waals surface area contributed by atoms with Gasteiger partial charge in [-0.3, -0.25) is 0 Å². The highest BCUT2D eigenvalue weighted by Gasteiger charge is 2.37. The van der Waals surface area contributed by atoms with Crippen molar-refractivity contribution in [1.82, 2.24) is 23.0 Å². The number of alkyl halides is 3. The topological polar surface area (TPSA) is 89.8 Å². The van der Waals surface area contributed by atoms with Crippen molar-refractivity contribution >= 4 is 43.8 Å². The minimum absolute atomic E-state index is 0.0646. The number of benzene rings is 2. The van der Waals surface area contributed by atoms with Gasteiger partial charge in [0.2, 0.25) is 15.8 Å². The van der Waals surface area contributed by atoms with Gasteiger partial charge in [-0.25, -0.2) is 18.1 Å². The summed E-state index contributed by atoms with van der Waals surface area (Å²) >= 11 is 0.882. The van der Waals surface area contributed by atoms with Crippen LogP contribution < -0.4 is 4.72 Å². The van der Waals surface area contributed by atoms with E-state index in [4.69, 9.17) is 0 Å². The number of nitrogens with one attached hydrogen (secondary N) is 1. The first-order valence-electron chi connectivity index (χ1n) is 8.01. The first-order chi connectivity index (χ1) is 13.3. The molecule has 12 heteroatoms. The van der Waals surface area contributed by atoms with E-state index in [0.29, 0.717) is 5.52 Å². The normalized spacial score (nSPS) is 12.8. The van der Waals surface area contributed by atoms with Crippen LogP contribution in [0.2, 0.25) is 0 Å². The number of halogens is 3. The van der Waals surface area contributed by atoms with Crippen molar-refractivity contribution in [2.24, 2.45) is 0 Å². The van der Waals surface area contributed by atoms with E-state index in [9.17, 15) is 21.6 Å². The Balaban J connectivity index is 1.61. The molecule has 0 bridgehead atoms. The van der Waals surface area contributed by atoms with Crippen molar-refractivity contribution in [2.75, 3.05) is 6.54 Å². The standard InChI is InChI=1S/C16H12F3N5O2S2/c17-16(18,19)15-21-10-4-1-2-6-12(10)24(15)9-8-20-28(25,26)13-7-3-5-11-14(13)23-27-22-11/h1-7,20H,8-9H2. The third kappa shape index (κ3) is 3.34. The summed E-state index contributed by atoms with van der Waals surface area (Å²) in [5.41, 5.74) is 1.13. The van der Waals surface area contributed by atoms with Crippen LogP contribution in [0, 0.1) is 0 Å². The number of rotatable bonds is 5. The maximum atomic E-state index is 13.3. The Labute approximate surface area is 161 Å². The second kappa shape index (κ2) is 6.79. The molecule has 7 nitrogen and oxygen atoms in total. The smallest absolute Gasteiger partial charge is 0.319 e. The van der Waals surface area contributed by atoms with Gasteiger partial charge in [0, 0.05) is 13.1 Å². The molecular formula is C16H12F3N5O2S2. The second-order valence-electron chi connectivity index (χ2n) is 5.86. The summed E-state index contributed by atoms with van der Waals surface area (Å²) in [6, 6.07) is 10.7. The average Bonchev–Trinajstić information content (AvgIpc) is 3.25. The van der Waals surface area contributed by atoms with Crippen LogP contribution in [0.15, 0.2) is 47.4 Å². The molecule has 146 valence electrons. The molecule has 0 unspecified atom stereocenters. The van der Waals surface area contributed by atoms with E-state index in [-0.39, 0.29) is 34.5 Å². The highest BCUT2D eigenvalue weighted by molar-refractivity contribution is 7.89. The Morgan fingerprint density at radius 3 is 2.57 bits per heavy atom. The van der Waals surface area contributed by atoms with Gasteiger partial charge in [0.1, 0.15) is 15.9 Å². The van der Waals surface area contributed by atoms with Gasteiger partial charge in [-0.2, -0.15) is 21.9 Å². The van der Waals surface area contributed by atoms with Crippen molar-refractivity contribution in [3.8, 4) is 0 Å². The monoisotopic (exact) mass is 427 g/mol. The van der Waals surface area contributed by atoms with E-state index in [2.05, 4.69) is 18.5 Å². The Morgan fingerprint density at radius 2 is 1.79 bits per heavy atom. The number of sulfonamides is 1. The van der Waals surface area contributed by atoms with E-state index in [1.54, 1.807) is 18.2 Å². The van der Waals surface area contributed by atoms with E-state index >= 15 is 0 Å². The quantitative estimate of drug-likeness (QED) is 0.529. The summed E-state index contributed by atoms with van der Waals surface area (Å²) in [5.74, 6) is -1.07. The molecule has 0 saturated heterocycles. The van der Waals surface area contributed by atoms with Crippen LogP contribution in [0.4, 0.5) is 13.2 Å². The van der Waals surface area contributed by atoms with Crippen LogP contribution in [0.25, 0.3) is 22.1 Å². The lowest BCUT2D eigenvalue weighted by Crippen LogP contribution is -2.29. The summed E-state index contributed by atoms with van der Waals surface area (Å²) in [5, 5.41) is 0. The summed E-state index contributed by atoms with van der Waals surface area (Å²) in [7, 11) is -3.97. The van der Waals surface area contributed by atoms with Crippen LogP contribution in [-0.2, 0) is 22.7 Å². The van der Waals surface area contributed by atoms with Crippen molar-refractivity contribution in [3.05, 3.63) is 48.3 Å². The molecule has 2 heterocycles. The molecule has 1 N–H and O–H groups in total. The predicted octanol–water partition coefficient (Wildman–Crippen LogP) is 3.04. The Bertz CT molecular complexity index is 1260. The lowest BCUT2D eigenvalue weighted by molar-refractivity contribution is -0.146. The number of fused-ring (bicyclic) bond motifs is 2. The Hall–Kier alpha value is -2.57. The fourth-order valence-corrected chi connectivity index (χ4v) is 4.67. The number of aromatic nitrogens is 4. The molecule has 4 aromatic rings. The van der Waals surface area contributed by atoms with E-state index < -0.39 is 22.0 Å². The summed E-state index contributed by atoms with van der Waals surface area (Å²) in [6.45, 7) is -0.487. The molecule has 0 radical (unpaired) electrons. The van der Waals surface area contributed by atoms with Crippen LogP contribution in [0.1, 0.15) is 5.82 Å². The first-order valence-corrected chi connectivity index (χ1v) is 10.2. The zero-order valence-corrected chi connectivity index (χ0v) is 15.6. The molecule has 0 aliphatic heterocycles. The van der Waals surface area contributed by atoms with E-state index in [1.165, 1.54) is 24.3 Å². The molecule has 0 aliphatic carbocycles. The van der Waals surface area contributed by atoms with Gasteiger partial charge in [0.15, 0.2) is 0 Å². The second-order valence-corrected chi connectivity index (χ2v) is 8.12. The third-order valence-corrected chi connectivity index (χ3v) is 6.11. The molecule has 0 fully saturated rings. The maximum Gasteiger partial charge on any atom is 0.449 e. The van der Waals surface area contributed by atoms with Crippen LogP contribution in [-0.4, -0.2) is 33.3 Å². The highest BCUT2D eigenvalue weighted by Crippen LogP contribution is 2.31. The molecule has 28 heavy (non-hydrogen) atoms. The first kappa shape index (κ1) is 18.8. The molecule has 2 aromatic carbocycles. The molecule has 0 amide bonds. The molecule has 0 atom stereocenters. The zero-order valence-electron chi connectivity index (χ0n) is 14.0. The van der Waals surface area contributed by atoms with Crippen LogP contribution >= 0.6 is 11.7 Å². The van der Waals surface area contributed by atoms with Crippen molar-refractivity contribution in [2.45, 2.75) is 17.6 Å². The van der Waals surface area contributed by atoms with Crippen molar-refractivity contribution < 1.29 is 21.6 Å². The van der Waals surface area contributed by atoms with Gasteiger partial charge in [-0.05, 0) is 24.3 Å². The Kier molecular flexibility index (Phi) is 4.56. The molecule has 0 spiro atoms. The largest absolute Gasteiger partial charge is 0.449 e. The minimum atomic E-state index is -4.66. The predicted molar refractivity (Wildman–Crippen MR) is 97.3 cm³/mol. The number of hydrogen-bond donors (Lipinski definition) is 1. The van der Waals surface area contributed by atoms with E-state index in [1.807, 2.05) is 0 Å². The van der Waals surface area contributed by atoms with Gasteiger partial charge < -0.3 is 4.57 Å². The van der Waals surface area contributed by atoms with Gasteiger partial charge >= 0.3 is 6.18 Å². The van der Waals surface area contributed by atoms with Gasteiger partial charge in [0.25, 0.3) is 0 Å². The Morgan fingerprint density at radius 1 is 1.04 bits per heavy atom. The van der Waals surface area contributed by atoms with Gasteiger partial charge in [-0.15, -0.1) is 0 Å². The van der Waals surface area contributed by atoms with Crippen LogP contribution in [0.3, 0.4) is 0 Å². The average molecular weight is 427 g/mol. The number of nitrogens with zero attached hydrogens (tertiary/aromatic N) is 4. The molecule has 2 aromatic heterocycles. The summed E-state index contributed by atoms with van der Waals surface area (Å²) < 4.78 is 76.4. The lowest BCUT2D eigenvalue weighted by Gasteiger charge is -2.12. The summed E-state index contributed by atoms with van der Waals surface area (Å²) in [4.78, 5) is 3.57. The molecule has 0 aliphatic rings. The third-order valence-electron chi connectivity index (χ3n) is 4.07.